The maximum atomic E-state index is 5.85. The van der Waals surface area contributed by atoms with Gasteiger partial charge in [0.2, 0.25) is 0 Å². The van der Waals surface area contributed by atoms with Gasteiger partial charge in [-0.3, -0.25) is 4.98 Å². The monoisotopic (exact) mass is 404 g/mol. The minimum atomic E-state index is -0.269. The molecule has 1 saturated heterocycles. The van der Waals surface area contributed by atoms with E-state index in [1.807, 2.05) is 30.3 Å². The lowest BCUT2D eigenvalue weighted by Gasteiger charge is -2.22. The summed E-state index contributed by atoms with van der Waals surface area (Å²) in [5, 5.41) is 3.06. The van der Waals surface area contributed by atoms with Crippen LogP contribution in [0.5, 0.6) is 0 Å². The van der Waals surface area contributed by atoms with Crippen LogP contribution < -0.4 is 5.48 Å². The normalized spacial score (nSPS) is 16.8. The molecule has 29 heavy (non-hydrogen) atoms. The van der Waals surface area contributed by atoms with Crippen molar-refractivity contribution in [3.63, 3.8) is 0 Å². The lowest BCUT2D eigenvalue weighted by Crippen LogP contribution is -2.25. The van der Waals surface area contributed by atoms with Crippen molar-refractivity contribution in [2.45, 2.75) is 25.6 Å². The number of rotatable bonds is 5. The lowest BCUT2D eigenvalue weighted by atomic mass is 10.1. The first-order valence-electron chi connectivity index (χ1n) is 9.67. The number of anilines is 1. The fourth-order valence-electron chi connectivity index (χ4n) is 3.40. The molecule has 0 bridgehead atoms. The van der Waals surface area contributed by atoms with Gasteiger partial charge >= 0.3 is 0 Å². The number of benzene rings is 1. The quantitative estimate of drug-likeness (QED) is 0.456. The number of nitrogens with one attached hydrogen (secondary N) is 1. The Morgan fingerprint density at radius 2 is 1.93 bits per heavy atom. The van der Waals surface area contributed by atoms with E-state index in [1.54, 1.807) is 23.7 Å². The topological polar surface area (TPSA) is 69.2 Å². The highest BCUT2D eigenvalue weighted by atomic mass is 32.1. The molecule has 4 heterocycles. The summed E-state index contributed by atoms with van der Waals surface area (Å²) in [4.78, 5) is 20.5. The van der Waals surface area contributed by atoms with Gasteiger partial charge in [0.1, 0.15) is 4.83 Å². The van der Waals surface area contributed by atoms with E-state index in [-0.39, 0.29) is 6.29 Å². The predicted molar refractivity (Wildman–Crippen MR) is 114 cm³/mol. The number of aromatic nitrogens is 3. The number of ether oxygens (including phenoxy) is 1. The molecule has 1 aromatic carbocycles. The third-order valence-electron chi connectivity index (χ3n) is 4.86. The molecule has 0 spiro atoms. The van der Waals surface area contributed by atoms with Crippen molar-refractivity contribution in [1.82, 2.24) is 15.0 Å². The van der Waals surface area contributed by atoms with Crippen LogP contribution in [0.15, 0.2) is 60.2 Å². The van der Waals surface area contributed by atoms with Gasteiger partial charge in [-0.2, -0.15) is 0 Å². The van der Waals surface area contributed by atoms with Crippen molar-refractivity contribution >= 4 is 27.4 Å². The molecule has 1 fully saturated rings. The second-order valence-electron chi connectivity index (χ2n) is 6.85. The van der Waals surface area contributed by atoms with E-state index in [4.69, 9.17) is 19.5 Å². The van der Waals surface area contributed by atoms with E-state index in [9.17, 15) is 0 Å². The van der Waals surface area contributed by atoms with Gasteiger partial charge in [0.15, 0.2) is 17.9 Å². The third kappa shape index (κ3) is 3.85. The van der Waals surface area contributed by atoms with Crippen LogP contribution in [0.25, 0.3) is 32.7 Å². The van der Waals surface area contributed by atoms with Crippen LogP contribution in [-0.4, -0.2) is 27.8 Å². The molecular formula is C22H20N4O2S. The van der Waals surface area contributed by atoms with Crippen molar-refractivity contribution in [3.8, 4) is 22.5 Å². The Morgan fingerprint density at radius 1 is 1.03 bits per heavy atom. The van der Waals surface area contributed by atoms with Gasteiger partial charge in [0, 0.05) is 41.9 Å². The molecular weight excluding hydrogens is 384 g/mol. The SMILES string of the molecule is c1ccc(-c2csc3nc(-c4cccnc4)nc(NOC4CCCCO4)c23)cc1. The first-order valence-corrected chi connectivity index (χ1v) is 10.5. The standard InChI is InChI=1S/C22H20N4O2S/c1-2-7-15(8-3-1)17-14-29-22-19(17)21(26-28-18-10-4-5-12-27-18)24-20(25-22)16-9-6-11-23-13-16/h1-3,6-9,11,13-14,18H,4-5,10,12H2,(H,24,25,26). The first-order chi connectivity index (χ1) is 14.4. The second-order valence-corrected chi connectivity index (χ2v) is 7.71. The van der Waals surface area contributed by atoms with E-state index in [2.05, 4.69) is 28.0 Å². The van der Waals surface area contributed by atoms with Crippen LogP contribution >= 0.6 is 11.3 Å². The maximum absolute atomic E-state index is 5.85. The molecule has 146 valence electrons. The third-order valence-corrected chi connectivity index (χ3v) is 5.74. The van der Waals surface area contributed by atoms with E-state index in [0.29, 0.717) is 11.6 Å². The van der Waals surface area contributed by atoms with E-state index in [1.165, 1.54) is 0 Å². The molecule has 1 atom stereocenters. The summed E-state index contributed by atoms with van der Waals surface area (Å²) in [5.74, 6) is 1.26. The molecule has 0 saturated carbocycles. The second kappa shape index (κ2) is 8.24. The fraction of sp³-hybridized carbons (Fsp3) is 0.227. The highest BCUT2D eigenvalue weighted by molar-refractivity contribution is 7.17. The average Bonchev–Trinajstić information content (AvgIpc) is 3.24. The van der Waals surface area contributed by atoms with Gasteiger partial charge in [-0.15, -0.1) is 11.3 Å². The Balaban J connectivity index is 1.58. The maximum Gasteiger partial charge on any atom is 0.183 e. The summed E-state index contributed by atoms with van der Waals surface area (Å²) in [6, 6.07) is 14.1. The van der Waals surface area contributed by atoms with Gasteiger partial charge in [-0.05, 0) is 30.5 Å². The van der Waals surface area contributed by atoms with Crippen LogP contribution in [-0.2, 0) is 9.57 Å². The smallest absolute Gasteiger partial charge is 0.183 e. The van der Waals surface area contributed by atoms with Crippen LogP contribution in [0.4, 0.5) is 5.82 Å². The van der Waals surface area contributed by atoms with Gasteiger partial charge < -0.3 is 4.74 Å². The van der Waals surface area contributed by atoms with Crippen LogP contribution in [0.2, 0.25) is 0 Å². The summed E-state index contributed by atoms with van der Waals surface area (Å²) >= 11 is 1.59. The van der Waals surface area contributed by atoms with E-state index in [0.717, 1.165) is 52.8 Å². The molecule has 1 N–H and O–H groups in total. The zero-order valence-corrected chi connectivity index (χ0v) is 16.6. The molecule has 4 aromatic rings. The van der Waals surface area contributed by atoms with Gasteiger partial charge in [-0.1, -0.05) is 30.3 Å². The van der Waals surface area contributed by atoms with Crippen molar-refractivity contribution in [1.29, 1.82) is 0 Å². The molecule has 1 aliphatic rings. The molecule has 0 amide bonds. The number of thiophene rings is 1. The highest BCUT2D eigenvalue weighted by Gasteiger charge is 2.19. The predicted octanol–water partition coefficient (Wildman–Crippen LogP) is 5.29. The number of hydrogen-bond acceptors (Lipinski definition) is 7. The van der Waals surface area contributed by atoms with Gasteiger partial charge in [-0.25, -0.2) is 20.3 Å². The summed E-state index contributed by atoms with van der Waals surface area (Å²) in [5.41, 5.74) is 6.14. The largest absolute Gasteiger partial charge is 0.350 e. The summed E-state index contributed by atoms with van der Waals surface area (Å²) in [6.07, 6.45) is 6.28. The Bertz CT molecular complexity index is 1100. The molecule has 6 nitrogen and oxygen atoms in total. The molecule has 1 aliphatic heterocycles. The van der Waals surface area contributed by atoms with Gasteiger partial charge in [0.25, 0.3) is 0 Å². The number of fused-ring (bicyclic) bond motifs is 1. The zero-order valence-electron chi connectivity index (χ0n) is 15.7. The van der Waals surface area contributed by atoms with Crippen molar-refractivity contribution in [2.75, 3.05) is 12.1 Å². The van der Waals surface area contributed by atoms with Gasteiger partial charge in [0.05, 0.1) is 5.39 Å². The number of nitrogens with zero attached hydrogens (tertiary/aromatic N) is 3. The van der Waals surface area contributed by atoms with Crippen LogP contribution in [0.3, 0.4) is 0 Å². The van der Waals surface area contributed by atoms with Crippen molar-refractivity contribution in [3.05, 3.63) is 60.2 Å². The minimum absolute atomic E-state index is 0.269. The molecule has 7 heteroatoms. The Kier molecular flexibility index (Phi) is 5.17. The summed E-state index contributed by atoms with van der Waals surface area (Å²) < 4.78 is 5.69. The first kappa shape index (κ1) is 18.2. The summed E-state index contributed by atoms with van der Waals surface area (Å²) in [6.45, 7) is 0.722. The van der Waals surface area contributed by atoms with Crippen LogP contribution in [0, 0.1) is 0 Å². The average molecular weight is 404 g/mol. The molecule has 1 unspecified atom stereocenters. The number of pyridine rings is 1. The molecule has 0 aliphatic carbocycles. The number of hydrogen-bond donors (Lipinski definition) is 1. The Hall–Kier alpha value is -2.87. The Labute approximate surface area is 172 Å². The molecule has 0 radical (unpaired) electrons. The summed E-state index contributed by atoms with van der Waals surface area (Å²) in [7, 11) is 0. The highest BCUT2D eigenvalue weighted by Crippen LogP contribution is 2.38. The van der Waals surface area contributed by atoms with E-state index < -0.39 is 0 Å². The van der Waals surface area contributed by atoms with Crippen molar-refractivity contribution < 1.29 is 9.57 Å². The molecule has 5 rings (SSSR count). The Morgan fingerprint density at radius 3 is 2.72 bits per heavy atom. The fourth-order valence-corrected chi connectivity index (χ4v) is 4.34. The van der Waals surface area contributed by atoms with Crippen molar-refractivity contribution in [2.24, 2.45) is 0 Å². The van der Waals surface area contributed by atoms with E-state index >= 15 is 0 Å². The minimum Gasteiger partial charge on any atom is -0.350 e. The lowest BCUT2D eigenvalue weighted by molar-refractivity contribution is -0.145. The zero-order chi connectivity index (χ0) is 19.5. The van der Waals surface area contributed by atoms with Crippen LogP contribution in [0.1, 0.15) is 19.3 Å². The molecule has 3 aromatic heterocycles.